The zero-order chi connectivity index (χ0) is 6.41. The molecule has 0 bridgehead atoms. The summed E-state index contributed by atoms with van der Waals surface area (Å²) in [6, 6.07) is 0. The van der Waals surface area contributed by atoms with Crippen LogP contribution in [0.1, 0.15) is 0 Å². The van der Waals surface area contributed by atoms with Crippen molar-refractivity contribution in [3.05, 3.63) is 0 Å². The average Bonchev–Trinajstić information content (AvgIpc) is 1.68. The van der Waals surface area contributed by atoms with Crippen LogP contribution < -0.4 is 11.4 Å². The summed E-state index contributed by atoms with van der Waals surface area (Å²) in [6.45, 7) is -0.187. The topological polar surface area (TPSA) is 73.6 Å². The Balaban J connectivity index is 0. The molecule has 0 unspecified atom stereocenters. The number of hydrogen-bond donors (Lipinski definition) is 2. The highest BCUT2D eigenvalue weighted by molar-refractivity contribution is 5.85. The zero-order valence-electron chi connectivity index (χ0n) is 4.92. The molecule has 6 heteroatoms. The summed E-state index contributed by atoms with van der Waals surface area (Å²) in [5.74, 6) is 4.14. The van der Waals surface area contributed by atoms with E-state index in [1.165, 1.54) is 7.11 Å². The summed E-state index contributed by atoms with van der Waals surface area (Å²) < 4.78 is 0. The Morgan fingerprint density at radius 3 is 2.67 bits per heavy atom. The average molecular weight is 157 g/mol. The number of halogens is 1. The summed E-state index contributed by atoms with van der Waals surface area (Å²) in [5, 5.41) is 0. The molecule has 56 valence electrons. The first-order chi connectivity index (χ1) is 3.81. The van der Waals surface area contributed by atoms with Crippen LogP contribution in [0.25, 0.3) is 0 Å². The Kier molecular flexibility index (Phi) is 9.71. The molecule has 0 spiro atoms. The molecule has 0 aliphatic carbocycles. The van der Waals surface area contributed by atoms with Crippen LogP contribution in [0, 0.1) is 0 Å². The molecule has 0 aliphatic heterocycles. The van der Waals surface area contributed by atoms with Gasteiger partial charge in [0.1, 0.15) is 6.61 Å². The van der Waals surface area contributed by atoms with E-state index in [4.69, 9.17) is 0 Å². The smallest absolute Gasteiger partial charge is 0.271 e. The maximum absolute atomic E-state index is 10.2. The van der Waals surface area contributed by atoms with Crippen molar-refractivity contribution in [1.82, 2.24) is 5.48 Å². The van der Waals surface area contributed by atoms with Gasteiger partial charge in [0, 0.05) is 0 Å². The number of rotatable bonds is 3. The van der Waals surface area contributed by atoms with Gasteiger partial charge in [-0.1, -0.05) is 0 Å². The molecule has 0 aromatic heterocycles. The second-order valence-corrected chi connectivity index (χ2v) is 1.04. The van der Waals surface area contributed by atoms with E-state index >= 15 is 0 Å². The number of nitrogens with one attached hydrogen (secondary N) is 1. The van der Waals surface area contributed by atoms with E-state index in [0.717, 1.165) is 0 Å². The van der Waals surface area contributed by atoms with Crippen LogP contribution in [0.15, 0.2) is 0 Å². The van der Waals surface area contributed by atoms with Crippen molar-refractivity contribution in [2.75, 3.05) is 13.7 Å². The van der Waals surface area contributed by atoms with E-state index in [9.17, 15) is 4.79 Å². The van der Waals surface area contributed by atoms with E-state index < -0.39 is 5.91 Å². The minimum atomic E-state index is -0.407. The van der Waals surface area contributed by atoms with Gasteiger partial charge in [-0.25, -0.2) is 11.4 Å². The fourth-order valence-corrected chi connectivity index (χ4v) is 0.219. The van der Waals surface area contributed by atoms with Crippen LogP contribution >= 0.6 is 12.4 Å². The second kappa shape index (κ2) is 7.64. The van der Waals surface area contributed by atoms with Crippen LogP contribution in [0.3, 0.4) is 0 Å². The first kappa shape index (κ1) is 11.4. The van der Waals surface area contributed by atoms with Crippen molar-refractivity contribution < 1.29 is 14.5 Å². The number of carbonyl (C=O) groups excluding carboxylic acids is 1. The van der Waals surface area contributed by atoms with Gasteiger partial charge in [0.15, 0.2) is 0 Å². The monoisotopic (exact) mass is 156 g/mol. The molecular formula is C3H9ClN2O3. The summed E-state index contributed by atoms with van der Waals surface area (Å²) in [4.78, 5) is 18.4. The molecule has 0 saturated carbocycles. The number of nitrogens with two attached hydrogens (primary N) is 1. The molecule has 0 atom stereocenters. The molecule has 9 heavy (non-hydrogen) atoms. The molecule has 0 fully saturated rings. The van der Waals surface area contributed by atoms with Gasteiger partial charge in [-0.3, -0.25) is 14.5 Å². The van der Waals surface area contributed by atoms with Crippen molar-refractivity contribution in [1.29, 1.82) is 0 Å². The number of hydrogen-bond acceptors (Lipinski definition) is 4. The number of hydroxylamine groups is 1. The molecule has 5 nitrogen and oxygen atoms in total. The predicted molar refractivity (Wildman–Crippen MR) is 32.5 cm³/mol. The van der Waals surface area contributed by atoms with Gasteiger partial charge in [0.05, 0.1) is 7.11 Å². The minimum absolute atomic E-state index is 0. The van der Waals surface area contributed by atoms with Crippen molar-refractivity contribution in [2.45, 2.75) is 0 Å². The van der Waals surface area contributed by atoms with Gasteiger partial charge in [-0.15, -0.1) is 12.4 Å². The summed E-state index contributed by atoms with van der Waals surface area (Å²) in [7, 11) is 1.33. The first-order valence-electron chi connectivity index (χ1n) is 1.94. The molecule has 0 saturated heterocycles. The van der Waals surface area contributed by atoms with Crippen LogP contribution in [0.4, 0.5) is 0 Å². The van der Waals surface area contributed by atoms with Crippen LogP contribution in [0.2, 0.25) is 0 Å². The lowest BCUT2D eigenvalue weighted by Gasteiger charge is -1.97. The van der Waals surface area contributed by atoms with E-state index in [2.05, 4.69) is 15.6 Å². The predicted octanol–water partition coefficient (Wildman–Crippen LogP) is -1.02. The first-order valence-corrected chi connectivity index (χ1v) is 1.94. The largest absolute Gasteiger partial charge is 0.295 e. The third kappa shape index (κ3) is 7.64. The molecule has 0 aromatic rings. The molecule has 0 aromatic carbocycles. The lowest BCUT2D eigenvalue weighted by molar-refractivity contribution is -0.136. The molecule has 1 amide bonds. The Hall–Kier alpha value is -0.360. The third-order valence-electron chi connectivity index (χ3n) is 0.430. The summed E-state index contributed by atoms with van der Waals surface area (Å²) in [6.07, 6.45) is 0. The van der Waals surface area contributed by atoms with Gasteiger partial charge < -0.3 is 0 Å². The molecule has 0 rings (SSSR count). The lowest BCUT2D eigenvalue weighted by Crippen LogP contribution is -2.27. The van der Waals surface area contributed by atoms with Gasteiger partial charge in [-0.05, 0) is 0 Å². The number of amides is 1. The maximum Gasteiger partial charge on any atom is 0.271 e. The fraction of sp³-hybridized carbons (Fsp3) is 0.667. The van der Waals surface area contributed by atoms with Crippen molar-refractivity contribution in [3.63, 3.8) is 0 Å². The summed E-state index contributed by atoms with van der Waals surface area (Å²) >= 11 is 0. The maximum atomic E-state index is 10.2. The van der Waals surface area contributed by atoms with E-state index in [1.807, 2.05) is 5.48 Å². The SMILES string of the molecule is CONC(=O)CON.Cl. The number of carbonyl (C=O) groups is 1. The third-order valence-corrected chi connectivity index (χ3v) is 0.430. The molecule has 0 radical (unpaired) electrons. The highest BCUT2D eigenvalue weighted by atomic mass is 35.5. The highest BCUT2D eigenvalue weighted by Gasteiger charge is 1.95. The van der Waals surface area contributed by atoms with Gasteiger partial charge in [0.25, 0.3) is 5.91 Å². The van der Waals surface area contributed by atoms with Gasteiger partial charge in [-0.2, -0.15) is 0 Å². The Morgan fingerprint density at radius 2 is 2.33 bits per heavy atom. The molecule has 0 heterocycles. The van der Waals surface area contributed by atoms with Crippen molar-refractivity contribution in [2.24, 2.45) is 5.90 Å². The minimum Gasteiger partial charge on any atom is -0.295 e. The van der Waals surface area contributed by atoms with E-state index in [0.29, 0.717) is 0 Å². The van der Waals surface area contributed by atoms with Crippen molar-refractivity contribution >= 4 is 18.3 Å². The lowest BCUT2D eigenvalue weighted by atomic mass is 10.7. The Bertz CT molecular complexity index is 71.5. The Morgan fingerprint density at radius 1 is 1.78 bits per heavy atom. The van der Waals surface area contributed by atoms with E-state index in [-0.39, 0.29) is 19.0 Å². The standard InChI is InChI=1S/C3H8N2O3.ClH/c1-7-5-3(6)2-8-4;/h2,4H2,1H3,(H,5,6);1H. The normalized spacial score (nSPS) is 7.78. The molecular weight excluding hydrogens is 147 g/mol. The second-order valence-electron chi connectivity index (χ2n) is 1.04. The molecule has 3 N–H and O–H groups in total. The quantitative estimate of drug-likeness (QED) is 0.513. The van der Waals surface area contributed by atoms with E-state index in [1.54, 1.807) is 0 Å². The van der Waals surface area contributed by atoms with Crippen LogP contribution in [-0.2, 0) is 14.5 Å². The van der Waals surface area contributed by atoms with Gasteiger partial charge >= 0.3 is 0 Å². The van der Waals surface area contributed by atoms with Crippen LogP contribution in [0.5, 0.6) is 0 Å². The van der Waals surface area contributed by atoms with Gasteiger partial charge in [0.2, 0.25) is 0 Å². The summed E-state index contributed by atoms with van der Waals surface area (Å²) in [5.41, 5.74) is 2.00. The van der Waals surface area contributed by atoms with Crippen molar-refractivity contribution in [3.8, 4) is 0 Å². The molecule has 0 aliphatic rings. The fourth-order valence-electron chi connectivity index (χ4n) is 0.219. The Labute approximate surface area is 58.8 Å². The zero-order valence-corrected chi connectivity index (χ0v) is 5.73. The highest BCUT2D eigenvalue weighted by Crippen LogP contribution is 1.63. The van der Waals surface area contributed by atoms with Crippen LogP contribution in [-0.4, -0.2) is 19.6 Å².